The third kappa shape index (κ3) is 4.53. The lowest BCUT2D eigenvalue weighted by atomic mass is 10.1. The van der Waals surface area contributed by atoms with Crippen molar-refractivity contribution in [2.24, 2.45) is 5.92 Å². The lowest BCUT2D eigenvalue weighted by molar-refractivity contribution is -0.130. The van der Waals surface area contributed by atoms with Gasteiger partial charge in [0.15, 0.2) is 0 Å². The predicted molar refractivity (Wildman–Crippen MR) is 96.2 cm³/mol. The van der Waals surface area contributed by atoms with E-state index in [1.54, 1.807) is 7.11 Å². The average Bonchev–Trinajstić information content (AvgIpc) is 2.85. The predicted octanol–water partition coefficient (Wildman–Crippen LogP) is 2.88. The van der Waals surface area contributed by atoms with Crippen LogP contribution in [0.3, 0.4) is 0 Å². The maximum atomic E-state index is 12.5. The van der Waals surface area contributed by atoms with Crippen LogP contribution in [0.1, 0.15) is 50.5 Å². The summed E-state index contributed by atoms with van der Waals surface area (Å²) in [6.45, 7) is 1.06. The summed E-state index contributed by atoms with van der Waals surface area (Å²) in [4.78, 5) is 26.8. The van der Waals surface area contributed by atoms with Crippen LogP contribution in [0.5, 0.6) is 5.75 Å². The Morgan fingerprint density at radius 2 is 1.84 bits per heavy atom. The maximum absolute atomic E-state index is 12.5. The van der Waals surface area contributed by atoms with E-state index < -0.39 is 0 Å². The Balaban J connectivity index is 1.51. The molecule has 2 amide bonds. The fourth-order valence-corrected chi connectivity index (χ4v) is 3.91. The fourth-order valence-electron chi connectivity index (χ4n) is 3.91. The standard InChI is InChI=1S/C20H28N2O3/c1-25-18-10-8-15(9-11-18)13-21-20(24)16-12-19(23)22(14-16)17-6-4-2-3-5-7-17/h8-11,16-17H,2-7,12-14H2,1H3,(H,21,24). The van der Waals surface area contributed by atoms with E-state index in [0.717, 1.165) is 24.2 Å². The van der Waals surface area contributed by atoms with Crippen molar-refractivity contribution in [3.63, 3.8) is 0 Å². The van der Waals surface area contributed by atoms with Gasteiger partial charge in [0, 0.05) is 25.6 Å². The van der Waals surface area contributed by atoms with Crippen molar-refractivity contribution in [2.75, 3.05) is 13.7 Å². The summed E-state index contributed by atoms with van der Waals surface area (Å²) in [5.41, 5.74) is 1.03. The molecule has 1 aromatic carbocycles. The molecule has 1 heterocycles. The van der Waals surface area contributed by atoms with E-state index in [2.05, 4.69) is 5.32 Å². The van der Waals surface area contributed by atoms with Crippen LogP contribution in [0.15, 0.2) is 24.3 Å². The number of likely N-dealkylation sites (tertiary alicyclic amines) is 1. The highest BCUT2D eigenvalue weighted by molar-refractivity contribution is 5.89. The van der Waals surface area contributed by atoms with Crippen LogP contribution >= 0.6 is 0 Å². The van der Waals surface area contributed by atoms with E-state index >= 15 is 0 Å². The third-order valence-corrected chi connectivity index (χ3v) is 5.42. The van der Waals surface area contributed by atoms with Gasteiger partial charge in [0.1, 0.15) is 5.75 Å². The van der Waals surface area contributed by atoms with Crippen molar-refractivity contribution in [1.29, 1.82) is 0 Å². The number of carbonyl (C=O) groups is 2. The Hall–Kier alpha value is -2.04. The highest BCUT2D eigenvalue weighted by Crippen LogP contribution is 2.28. The molecule has 1 aliphatic heterocycles. The minimum Gasteiger partial charge on any atom is -0.497 e. The van der Waals surface area contributed by atoms with Gasteiger partial charge in [-0.1, -0.05) is 37.8 Å². The second-order valence-corrected chi connectivity index (χ2v) is 7.16. The minimum atomic E-state index is -0.214. The van der Waals surface area contributed by atoms with Crippen LogP contribution in [0.25, 0.3) is 0 Å². The van der Waals surface area contributed by atoms with Crippen LogP contribution in [0.4, 0.5) is 0 Å². The van der Waals surface area contributed by atoms with Gasteiger partial charge in [-0.3, -0.25) is 9.59 Å². The SMILES string of the molecule is COc1ccc(CNC(=O)C2CC(=O)N(C3CCCCCC3)C2)cc1. The second kappa shape index (κ2) is 8.37. The van der Waals surface area contributed by atoms with Gasteiger partial charge in [-0.15, -0.1) is 0 Å². The molecule has 1 atom stereocenters. The Bertz CT molecular complexity index is 591. The minimum absolute atomic E-state index is 0.0136. The summed E-state index contributed by atoms with van der Waals surface area (Å²) < 4.78 is 5.14. The summed E-state index contributed by atoms with van der Waals surface area (Å²) in [7, 11) is 1.63. The molecule has 3 rings (SSSR count). The molecule has 2 aliphatic rings. The number of hydrogen-bond donors (Lipinski definition) is 1. The highest BCUT2D eigenvalue weighted by Gasteiger charge is 2.37. The molecular formula is C20H28N2O3. The van der Waals surface area contributed by atoms with E-state index in [4.69, 9.17) is 4.74 Å². The number of carbonyl (C=O) groups excluding carboxylic acids is 2. The molecule has 1 aromatic rings. The van der Waals surface area contributed by atoms with Crippen molar-refractivity contribution in [1.82, 2.24) is 10.2 Å². The monoisotopic (exact) mass is 344 g/mol. The first-order chi connectivity index (χ1) is 12.2. The van der Waals surface area contributed by atoms with Crippen molar-refractivity contribution >= 4 is 11.8 Å². The lowest BCUT2D eigenvalue weighted by Gasteiger charge is -2.27. The van der Waals surface area contributed by atoms with Gasteiger partial charge < -0.3 is 15.0 Å². The molecule has 5 nitrogen and oxygen atoms in total. The maximum Gasteiger partial charge on any atom is 0.225 e. The van der Waals surface area contributed by atoms with Gasteiger partial charge in [0.05, 0.1) is 13.0 Å². The molecule has 0 aromatic heterocycles. The number of amides is 2. The Labute approximate surface area is 149 Å². The molecule has 1 saturated heterocycles. The smallest absolute Gasteiger partial charge is 0.225 e. The molecule has 1 unspecified atom stereocenters. The summed E-state index contributed by atoms with van der Waals surface area (Å²) in [5.74, 6) is 0.723. The Kier molecular flexibility index (Phi) is 5.95. The number of rotatable bonds is 5. The van der Waals surface area contributed by atoms with Crippen LogP contribution < -0.4 is 10.1 Å². The molecule has 25 heavy (non-hydrogen) atoms. The molecule has 2 fully saturated rings. The van der Waals surface area contributed by atoms with E-state index in [9.17, 15) is 9.59 Å². The summed E-state index contributed by atoms with van der Waals surface area (Å²) in [6, 6.07) is 7.99. The van der Waals surface area contributed by atoms with Gasteiger partial charge in [-0.2, -0.15) is 0 Å². The molecule has 0 radical (unpaired) electrons. The lowest BCUT2D eigenvalue weighted by Crippen LogP contribution is -2.38. The summed E-state index contributed by atoms with van der Waals surface area (Å²) in [5, 5.41) is 2.98. The Morgan fingerprint density at radius 3 is 2.48 bits per heavy atom. The summed E-state index contributed by atoms with van der Waals surface area (Å²) >= 11 is 0. The van der Waals surface area contributed by atoms with Gasteiger partial charge in [0.2, 0.25) is 11.8 Å². The molecular weight excluding hydrogens is 316 g/mol. The van der Waals surface area contributed by atoms with Gasteiger partial charge >= 0.3 is 0 Å². The van der Waals surface area contributed by atoms with Crippen molar-refractivity contribution in [3.05, 3.63) is 29.8 Å². The molecule has 136 valence electrons. The number of benzene rings is 1. The molecule has 1 saturated carbocycles. The van der Waals surface area contributed by atoms with Crippen molar-refractivity contribution < 1.29 is 14.3 Å². The first-order valence-corrected chi connectivity index (χ1v) is 9.37. The molecule has 5 heteroatoms. The number of nitrogens with one attached hydrogen (secondary N) is 1. The first kappa shape index (κ1) is 17.8. The van der Waals surface area contributed by atoms with Crippen LogP contribution in [0, 0.1) is 5.92 Å². The van der Waals surface area contributed by atoms with E-state index in [-0.39, 0.29) is 17.7 Å². The zero-order valence-electron chi connectivity index (χ0n) is 15.0. The molecule has 0 spiro atoms. The molecule has 0 bridgehead atoms. The zero-order valence-corrected chi connectivity index (χ0v) is 15.0. The van der Waals surface area contributed by atoms with E-state index in [1.165, 1.54) is 25.7 Å². The highest BCUT2D eigenvalue weighted by atomic mass is 16.5. The number of ether oxygens (including phenoxy) is 1. The average molecular weight is 344 g/mol. The van der Waals surface area contributed by atoms with E-state index in [0.29, 0.717) is 25.6 Å². The topological polar surface area (TPSA) is 58.6 Å². The number of methoxy groups -OCH3 is 1. The van der Waals surface area contributed by atoms with Gasteiger partial charge in [-0.05, 0) is 30.5 Å². The fraction of sp³-hybridized carbons (Fsp3) is 0.600. The van der Waals surface area contributed by atoms with Gasteiger partial charge in [0.25, 0.3) is 0 Å². The first-order valence-electron chi connectivity index (χ1n) is 9.37. The zero-order chi connectivity index (χ0) is 17.6. The number of nitrogens with zero attached hydrogens (tertiary/aromatic N) is 1. The van der Waals surface area contributed by atoms with Crippen molar-refractivity contribution in [2.45, 2.75) is 57.5 Å². The van der Waals surface area contributed by atoms with Crippen LogP contribution in [-0.2, 0) is 16.1 Å². The number of hydrogen-bond acceptors (Lipinski definition) is 3. The van der Waals surface area contributed by atoms with Crippen LogP contribution in [-0.4, -0.2) is 36.4 Å². The van der Waals surface area contributed by atoms with E-state index in [1.807, 2.05) is 29.2 Å². The Morgan fingerprint density at radius 1 is 1.16 bits per heavy atom. The largest absolute Gasteiger partial charge is 0.497 e. The normalized spacial score (nSPS) is 21.9. The third-order valence-electron chi connectivity index (χ3n) is 5.42. The van der Waals surface area contributed by atoms with Crippen molar-refractivity contribution in [3.8, 4) is 5.75 Å². The molecule has 1 aliphatic carbocycles. The van der Waals surface area contributed by atoms with Gasteiger partial charge in [-0.25, -0.2) is 0 Å². The van der Waals surface area contributed by atoms with Crippen LogP contribution in [0.2, 0.25) is 0 Å². The second-order valence-electron chi connectivity index (χ2n) is 7.16. The quantitative estimate of drug-likeness (QED) is 0.836. The summed E-state index contributed by atoms with van der Waals surface area (Å²) in [6.07, 6.45) is 7.46. The molecule has 1 N–H and O–H groups in total.